The van der Waals surface area contributed by atoms with Gasteiger partial charge in [0.2, 0.25) is 5.91 Å². The van der Waals surface area contributed by atoms with Gasteiger partial charge in [0, 0.05) is 18.0 Å². The van der Waals surface area contributed by atoms with Crippen molar-refractivity contribution in [3.63, 3.8) is 0 Å². The van der Waals surface area contributed by atoms with Gasteiger partial charge in [-0.05, 0) is 68.6 Å². The number of nitrogens with zero attached hydrogens (tertiary/aromatic N) is 1. The van der Waals surface area contributed by atoms with Gasteiger partial charge in [0.15, 0.2) is 0 Å². The Morgan fingerprint density at radius 3 is 2.68 bits per heavy atom. The minimum Gasteiger partial charge on any atom is -0.394 e. The fourth-order valence-corrected chi connectivity index (χ4v) is 5.79. The van der Waals surface area contributed by atoms with Gasteiger partial charge in [-0.1, -0.05) is 50.2 Å². The number of carbonyl (C=O) groups is 1. The molecule has 1 amide bonds. The second-order valence-electron chi connectivity index (χ2n) is 10.4. The van der Waals surface area contributed by atoms with E-state index < -0.39 is 11.6 Å². The average Bonchev–Trinajstić information content (AvgIpc) is 3.45. The van der Waals surface area contributed by atoms with Gasteiger partial charge in [0.05, 0.1) is 13.2 Å². The minimum absolute atomic E-state index is 0.00669. The molecule has 186 valence electrons. The highest BCUT2D eigenvalue weighted by Crippen LogP contribution is 2.32. The number of nitrogens with one attached hydrogen (secondary N) is 1. The number of hydroxylamine groups is 2. The third-order valence-electron chi connectivity index (χ3n) is 7.81. The molecule has 0 spiro atoms. The number of benzene rings is 1. The summed E-state index contributed by atoms with van der Waals surface area (Å²) in [5, 5.41) is 25.4. The third-order valence-corrected chi connectivity index (χ3v) is 7.81. The summed E-state index contributed by atoms with van der Waals surface area (Å²) in [6, 6.07) is 7.47. The van der Waals surface area contributed by atoms with E-state index in [1.54, 1.807) is 5.06 Å². The third kappa shape index (κ3) is 6.20. The summed E-state index contributed by atoms with van der Waals surface area (Å²) in [5.74, 6) is 6.71. The first kappa shape index (κ1) is 25.2. The molecular weight excluding hydrogens is 428 g/mol. The lowest BCUT2D eigenvalue weighted by Gasteiger charge is -2.27. The number of hydrogen-bond donors (Lipinski definition) is 3. The summed E-state index contributed by atoms with van der Waals surface area (Å²) in [4.78, 5) is 19.4. The Morgan fingerprint density at radius 2 is 1.97 bits per heavy atom. The second kappa shape index (κ2) is 11.7. The molecule has 2 aliphatic carbocycles. The molecule has 0 radical (unpaired) electrons. The smallest absolute Gasteiger partial charge is 0.240 e. The Labute approximate surface area is 204 Å². The van der Waals surface area contributed by atoms with E-state index >= 15 is 0 Å². The number of aliphatic hydroxyl groups excluding tert-OH is 1. The zero-order chi connectivity index (χ0) is 24.0. The van der Waals surface area contributed by atoms with Crippen LogP contribution >= 0.6 is 0 Å². The van der Waals surface area contributed by atoms with Crippen LogP contribution in [0.4, 0.5) is 0 Å². The number of carbonyl (C=O) groups excluding carboxylic acids is 1. The molecule has 0 unspecified atom stereocenters. The summed E-state index contributed by atoms with van der Waals surface area (Å²) in [5.41, 5.74) is 0.975. The van der Waals surface area contributed by atoms with Crippen LogP contribution in [0, 0.1) is 23.7 Å². The van der Waals surface area contributed by atoms with E-state index in [1.807, 2.05) is 31.2 Å². The van der Waals surface area contributed by atoms with Crippen molar-refractivity contribution < 1.29 is 19.8 Å². The molecular formula is C28H40N2O4. The Morgan fingerprint density at radius 1 is 1.21 bits per heavy atom. The van der Waals surface area contributed by atoms with Crippen LogP contribution in [0.1, 0.15) is 82.3 Å². The highest BCUT2D eigenvalue weighted by molar-refractivity contribution is 5.82. The first-order valence-electron chi connectivity index (χ1n) is 13.2. The van der Waals surface area contributed by atoms with Gasteiger partial charge in [-0.3, -0.25) is 9.63 Å². The molecule has 1 saturated heterocycles. The lowest BCUT2D eigenvalue weighted by molar-refractivity contribution is -0.181. The largest absolute Gasteiger partial charge is 0.394 e. The van der Waals surface area contributed by atoms with Crippen LogP contribution in [0.2, 0.25) is 0 Å². The Balaban J connectivity index is 1.45. The topological polar surface area (TPSA) is 82.0 Å². The monoisotopic (exact) mass is 468 g/mol. The van der Waals surface area contributed by atoms with Gasteiger partial charge in [0.1, 0.15) is 17.7 Å². The van der Waals surface area contributed by atoms with Gasteiger partial charge in [-0.15, -0.1) is 0 Å². The molecule has 1 aromatic rings. The predicted molar refractivity (Wildman–Crippen MR) is 131 cm³/mol. The molecule has 34 heavy (non-hydrogen) atoms. The van der Waals surface area contributed by atoms with Gasteiger partial charge in [-0.2, -0.15) is 5.06 Å². The van der Waals surface area contributed by atoms with Crippen molar-refractivity contribution in [3.8, 4) is 11.8 Å². The van der Waals surface area contributed by atoms with Crippen LogP contribution in [0.25, 0.3) is 0 Å². The van der Waals surface area contributed by atoms with E-state index in [4.69, 9.17) is 4.84 Å². The van der Waals surface area contributed by atoms with Crippen molar-refractivity contribution >= 4 is 5.91 Å². The van der Waals surface area contributed by atoms with Gasteiger partial charge in [0.25, 0.3) is 0 Å². The summed E-state index contributed by atoms with van der Waals surface area (Å²) >= 11 is 0. The Hall–Kier alpha value is -1.91. The molecule has 3 N–H and O–H groups in total. The molecule has 3 aliphatic rings. The first-order chi connectivity index (χ1) is 16.5. The van der Waals surface area contributed by atoms with Gasteiger partial charge < -0.3 is 15.5 Å². The number of rotatable bonds is 7. The fraction of sp³-hybridized carbons (Fsp3) is 0.679. The summed E-state index contributed by atoms with van der Waals surface area (Å²) in [6.45, 7) is 3.10. The molecule has 1 heterocycles. The highest BCUT2D eigenvalue weighted by Gasteiger charge is 2.46. The minimum atomic E-state index is -0.863. The first-order valence-corrected chi connectivity index (χ1v) is 13.2. The molecule has 0 bridgehead atoms. The molecule has 3 atom stereocenters. The number of aliphatic hydroxyl groups is 2. The summed E-state index contributed by atoms with van der Waals surface area (Å²) in [7, 11) is 0. The van der Waals surface area contributed by atoms with Crippen LogP contribution in [-0.2, 0) is 16.2 Å². The lowest BCUT2D eigenvalue weighted by atomic mass is 9.88. The molecule has 4 rings (SSSR count). The average molecular weight is 469 g/mol. The highest BCUT2D eigenvalue weighted by atomic mass is 16.7. The van der Waals surface area contributed by atoms with Crippen molar-refractivity contribution in [1.29, 1.82) is 0 Å². The fourth-order valence-electron chi connectivity index (χ4n) is 5.79. The van der Waals surface area contributed by atoms with Crippen molar-refractivity contribution in [2.75, 3.05) is 13.2 Å². The maximum Gasteiger partial charge on any atom is 0.240 e. The van der Waals surface area contributed by atoms with E-state index in [-0.39, 0.29) is 24.5 Å². The summed E-state index contributed by atoms with van der Waals surface area (Å²) < 4.78 is 0. The second-order valence-corrected chi connectivity index (χ2v) is 10.4. The maximum absolute atomic E-state index is 13.3. The van der Waals surface area contributed by atoms with Crippen LogP contribution in [0.15, 0.2) is 24.3 Å². The van der Waals surface area contributed by atoms with E-state index in [9.17, 15) is 15.0 Å². The van der Waals surface area contributed by atoms with Gasteiger partial charge in [-0.25, -0.2) is 0 Å². The van der Waals surface area contributed by atoms with Crippen LogP contribution in [-0.4, -0.2) is 52.1 Å². The molecule has 6 heteroatoms. The maximum atomic E-state index is 13.3. The molecule has 1 aliphatic heterocycles. The van der Waals surface area contributed by atoms with Crippen molar-refractivity contribution in [1.82, 2.24) is 10.4 Å². The predicted octanol–water partition coefficient (Wildman–Crippen LogP) is 3.54. The van der Waals surface area contributed by atoms with Crippen molar-refractivity contribution in [2.24, 2.45) is 11.8 Å². The lowest BCUT2D eigenvalue weighted by Crippen LogP contribution is -2.47. The van der Waals surface area contributed by atoms with Crippen LogP contribution in [0.5, 0.6) is 0 Å². The number of amides is 1. The quantitative estimate of drug-likeness (QED) is 0.533. The van der Waals surface area contributed by atoms with Crippen molar-refractivity contribution in [2.45, 2.75) is 95.4 Å². The SMILES string of the molecule is CC[C@H]1[C@@H](CO)ON(Cc2cccc(C#CC3(O)CCCC3)c2)[C@H]1C(=O)NCC1CCCCC1. The Kier molecular flexibility index (Phi) is 8.65. The number of hydrogen-bond acceptors (Lipinski definition) is 5. The molecule has 1 aromatic carbocycles. The Bertz CT molecular complexity index is 880. The standard InChI is InChI=1S/C28H40N2O4/c1-2-24-25(20-31)34-30(26(24)27(32)29-18-22-9-4-3-5-10-22)19-23-12-8-11-21(17-23)13-16-28(33)14-6-7-15-28/h8,11-12,17,22,24-26,31,33H,2-7,9-10,14-15,18-20H2,1H3,(H,29,32)/t24-,25+,26+/m0/s1. The van der Waals surface area contributed by atoms with Gasteiger partial charge >= 0.3 is 0 Å². The molecule has 2 saturated carbocycles. The molecule has 0 aromatic heterocycles. The van der Waals surface area contributed by atoms with Crippen LogP contribution < -0.4 is 5.32 Å². The van der Waals surface area contributed by atoms with E-state index in [0.29, 0.717) is 12.5 Å². The van der Waals surface area contributed by atoms with E-state index in [1.165, 1.54) is 32.1 Å². The van der Waals surface area contributed by atoms with Crippen LogP contribution in [0.3, 0.4) is 0 Å². The zero-order valence-corrected chi connectivity index (χ0v) is 20.5. The molecule has 6 nitrogen and oxygen atoms in total. The van der Waals surface area contributed by atoms with E-state index in [0.717, 1.165) is 49.8 Å². The zero-order valence-electron chi connectivity index (χ0n) is 20.5. The van der Waals surface area contributed by atoms with Crippen molar-refractivity contribution in [3.05, 3.63) is 35.4 Å². The molecule has 3 fully saturated rings. The summed E-state index contributed by atoms with van der Waals surface area (Å²) in [6.07, 6.45) is 10.1. The van der Waals surface area contributed by atoms with E-state index in [2.05, 4.69) is 17.2 Å². The normalized spacial score (nSPS) is 27.3.